The Morgan fingerprint density at radius 2 is 2.20 bits per heavy atom. The third kappa shape index (κ3) is 3.54. The van der Waals surface area contributed by atoms with Crippen LogP contribution in [0.2, 0.25) is 0 Å². The molecule has 0 radical (unpaired) electrons. The first kappa shape index (κ1) is 12.6. The fraction of sp³-hybridized carbons (Fsp3) is 0.455. The minimum absolute atomic E-state index is 0.727. The van der Waals surface area contributed by atoms with E-state index in [-0.39, 0.29) is 0 Å². The van der Waals surface area contributed by atoms with E-state index in [4.69, 9.17) is 5.73 Å². The molecule has 0 aliphatic heterocycles. The van der Waals surface area contributed by atoms with Gasteiger partial charge in [-0.05, 0) is 43.0 Å². The fourth-order valence-electron chi connectivity index (χ4n) is 1.32. The van der Waals surface area contributed by atoms with Crippen LogP contribution in [0.1, 0.15) is 12.0 Å². The van der Waals surface area contributed by atoms with Gasteiger partial charge in [0.1, 0.15) is 0 Å². The van der Waals surface area contributed by atoms with Gasteiger partial charge in [0.05, 0.1) is 10.8 Å². The van der Waals surface area contributed by atoms with E-state index >= 15 is 0 Å². The third-order valence-corrected chi connectivity index (χ3v) is 4.54. The lowest BCUT2D eigenvalue weighted by molar-refractivity contribution is 0.681. The predicted molar refractivity (Wildman–Crippen MR) is 69.9 cm³/mol. The van der Waals surface area contributed by atoms with Gasteiger partial charge in [-0.25, -0.2) is 0 Å². The van der Waals surface area contributed by atoms with Gasteiger partial charge in [0, 0.05) is 16.3 Å². The summed E-state index contributed by atoms with van der Waals surface area (Å²) in [6.45, 7) is 1.93. The van der Waals surface area contributed by atoms with Crippen LogP contribution in [-0.4, -0.2) is 22.0 Å². The minimum atomic E-state index is -0.900. The van der Waals surface area contributed by atoms with Crippen LogP contribution in [0.15, 0.2) is 23.1 Å². The van der Waals surface area contributed by atoms with E-state index in [0.29, 0.717) is 0 Å². The molecule has 0 saturated heterocycles. The van der Waals surface area contributed by atoms with Crippen LogP contribution in [0.4, 0.5) is 5.69 Å². The molecule has 2 nitrogen and oxygen atoms in total. The van der Waals surface area contributed by atoms with E-state index in [9.17, 15) is 4.21 Å². The molecular weight excluding hydrogens is 226 g/mol. The van der Waals surface area contributed by atoms with E-state index in [1.54, 1.807) is 11.8 Å². The molecule has 1 unspecified atom stereocenters. The molecule has 1 rings (SSSR count). The number of anilines is 1. The Kier molecular flexibility index (Phi) is 5.19. The molecule has 0 aromatic heterocycles. The topological polar surface area (TPSA) is 43.1 Å². The Bertz CT molecular complexity index is 352. The van der Waals surface area contributed by atoms with E-state index < -0.39 is 10.8 Å². The molecule has 15 heavy (non-hydrogen) atoms. The molecule has 4 heteroatoms. The second-order valence-corrected chi connectivity index (χ2v) is 5.89. The van der Waals surface area contributed by atoms with Gasteiger partial charge in [-0.1, -0.05) is 6.07 Å². The third-order valence-electron chi connectivity index (χ3n) is 2.25. The Balaban J connectivity index is 2.69. The van der Waals surface area contributed by atoms with Crippen LogP contribution < -0.4 is 5.73 Å². The second kappa shape index (κ2) is 6.18. The van der Waals surface area contributed by atoms with Crippen molar-refractivity contribution in [2.24, 2.45) is 0 Å². The van der Waals surface area contributed by atoms with Crippen molar-refractivity contribution in [2.45, 2.75) is 18.2 Å². The highest BCUT2D eigenvalue weighted by molar-refractivity contribution is 7.98. The van der Waals surface area contributed by atoms with Crippen molar-refractivity contribution in [3.05, 3.63) is 23.8 Å². The lowest BCUT2D eigenvalue weighted by Gasteiger charge is -2.07. The maximum atomic E-state index is 11.9. The van der Waals surface area contributed by atoms with Gasteiger partial charge in [0.25, 0.3) is 0 Å². The maximum absolute atomic E-state index is 11.9. The van der Waals surface area contributed by atoms with Gasteiger partial charge in [0.2, 0.25) is 0 Å². The van der Waals surface area contributed by atoms with Crippen molar-refractivity contribution >= 4 is 28.2 Å². The molecule has 0 heterocycles. The number of nitrogen functional groups attached to an aromatic ring is 1. The quantitative estimate of drug-likeness (QED) is 0.638. The highest BCUT2D eigenvalue weighted by Gasteiger charge is 2.08. The Morgan fingerprint density at radius 3 is 2.87 bits per heavy atom. The summed E-state index contributed by atoms with van der Waals surface area (Å²) in [6, 6.07) is 5.61. The first-order chi connectivity index (χ1) is 7.16. The number of benzene rings is 1. The molecule has 1 atom stereocenters. The molecule has 0 spiro atoms. The first-order valence-electron chi connectivity index (χ1n) is 4.89. The van der Waals surface area contributed by atoms with Crippen LogP contribution in [0, 0.1) is 6.92 Å². The lowest BCUT2D eigenvalue weighted by Crippen LogP contribution is -2.03. The average Bonchev–Trinajstić information content (AvgIpc) is 2.22. The van der Waals surface area contributed by atoms with Gasteiger partial charge < -0.3 is 5.73 Å². The number of nitrogens with two attached hydrogens (primary N) is 1. The largest absolute Gasteiger partial charge is 0.398 e. The van der Waals surface area contributed by atoms with Crippen molar-refractivity contribution in [3.8, 4) is 0 Å². The van der Waals surface area contributed by atoms with Crippen molar-refractivity contribution in [3.63, 3.8) is 0 Å². The van der Waals surface area contributed by atoms with Crippen LogP contribution in [0.25, 0.3) is 0 Å². The Labute approximate surface area is 98.1 Å². The number of hydrogen-bond donors (Lipinski definition) is 1. The molecule has 0 bridgehead atoms. The van der Waals surface area contributed by atoms with Crippen molar-refractivity contribution in [1.29, 1.82) is 0 Å². The minimum Gasteiger partial charge on any atom is -0.398 e. The summed E-state index contributed by atoms with van der Waals surface area (Å²) in [5.74, 6) is 1.79. The summed E-state index contributed by atoms with van der Waals surface area (Å²) in [4.78, 5) is 0.885. The zero-order chi connectivity index (χ0) is 11.3. The van der Waals surface area contributed by atoms with E-state index in [1.807, 2.05) is 25.1 Å². The zero-order valence-electron chi connectivity index (χ0n) is 9.16. The molecule has 0 aliphatic rings. The van der Waals surface area contributed by atoms with Gasteiger partial charge in [-0.15, -0.1) is 0 Å². The molecule has 84 valence electrons. The summed E-state index contributed by atoms with van der Waals surface area (Å²) in [5, 5.41) is 0. The fourth-order valence-corrected chi connectivity index (χ4v) is 3.25. The van der Waals surface area contributed by atoms with Crippen LogP contribution >= 0.6 is 11.8 Å². The van der Waals surface area contributed by atoms with Crippen molar-refractivity contribution in [1.82, 2.24) is 0 Å². The molecule has 1 aromatic carbocycles. The van der Waals surface area contributed by atoms with Gasteiger partial charge in [-0.2, -0.15) is 11.8 Å². The predicted octanol–water partition coefficient (Wildman–Crippen LogP) is 2.44. The van der Waals surface area contributed by atoms with E-state index in [2.05, 4.69) is 6.26 Å². The first-order valence-corrected chi connectivity index (χ1v) is 7.60. The summed E-state index contributed by atoms with van der Waals surface area (Å²) < 4.78 is 11.9. The Hall–Kier alpha value is -0.480. The second-order valence-electron chi connectivity index (χ2n) is 3.37. The van der Waals surface area contributed by atoms with Crippen LogP contribution in [0.3, 0.4) is 0 Å². The zero-order valence-corrected chi connectivity index (χ0v) is 10.8. The molecule has 0 aliphatic carbocycles. The van der Waals surface area contributed by atoms with Gasteiger partial charge in [0.15, 0.2) is 0 Å². The molecule has 2 N–H and O–H groups in total. The summed E-state index contributed by atoms with van der Waals surface area (Å²) in [6.07, 6.45) is 3.05. The van der Waals surface area contributed by atoms with Crippen LogP contribution in [-0.2, 0) is 10.8 Å². The Morgan fingerprint density at radius 1 is 1.47 bits per heavy atom. The van der Waals surface area contributed by atoms with E-state index in [0.717, 1.165) is 34.1 Å². The monoisotopic (exact) mass is 243 g/mol. The van der Waals surface area contributed by atoms with Gasteiger partial charge in [-0.3, -0.25) is 4.21 Å². The van der Waals surface area contributed by atoms with E-state index in [1.165, 1.54) is 0 Å². The molecular formula is C11H17NOS2. The van der Waals surface area contributed by atoms with Crippen molar-refractivity contribution in [2.75, 3.05) is 23.5 Å². The standard InChI is InChI=1S/C11H17NOS2/c1-9-10(12)5-3-6-11(9)15(13)8-4-7-14-2/h3,5-6H,4,7-8,12H2,1-2H3. The summed E-state index contributed by atoms with van der Waals surface area (Å²) in [5.41, 5.74) is 7.46. The summed E-state index contributed by atoms with van der Waals surface area (Å²) >= 11 is 1.79. The molecule has 0 fully saturated rings. The SMILES string of the molecule is CSCCCS(=O)c1cccc(N)c1C. The molecule has 1 aromatic rings. The molecule has 0 saturated carbocycles. The summed E-state index contributed by atoms with van der Waals surface area (Å²) in [7, 11) is -0.900. The number of thioether (sulfide) groups is 1. The highest BCUT2D eigenvalue weighted by Crippen LogP contribution is 2.19. The van der Waals surface area contributed by atoms with Gasteiger partial charge >= 0.3 is 0 Å². The number of rotatable bonds is 5. The number of hydrogen-bond acceptors (Lipinski definition) is 3. The average molecular weight is 243 g/mol. The van der Waals surface area contributed by atoms with Crippen LogP contribution in [0.5, 0.6) is 0 Å². The van der Waals surface area contributed by atoms with Crippen molar-refractivity contribution < 1.29 is 4.21 Å². The maximum Gasteiger partial charge on any atom is 0.0533 e. The smallest absolute Gasteiger partial charge is 0.0533 e. The normalized spacial score (nSPS) is 12.7. The highest BCUT2D eigenvalue weighted by atomic mass is 32.2. The molecule has 0 amide bonds. The lowest BCUT2D eigenvalue weighted by atomic mass is 10.2.